The SMILES string of the molecule is N#Cc1cc(F)c(NC2CCCC(NC(=O)N3CCC(F)C3)C2)nc1-c1c[nH]c2ncc(F)cc12. The Morgan fingerprint density at radius 3 is 2.83 bits per heavy atom. The lowest BCUT2D eigenvalue weighted by Gasteiger charge is -2.32. The Morgan fingerprint density at radius 2 is 2.06 bits per heavy atom. The van der Waals surface area contributed by atoms with Crippen LogP contribution in [-0.2, 0) is 0 Å². The number of alkyl halides is 1. The lowest BCUT2D eigenvalue weighted by atomic mass is 9.91. The van der Waals surface area contributed by atoms with E-state index in [4.69, 9.17) is 0 Å². The number of urea groups is 1. The predicted octanol–water partition coefficient (Wildman–Crippen LogP) is 4.25. The third-order valence-corrected chi connectivity index (χ3v) is 6.61. The number of H-pyrrole nitrogens is 1. The third kappa shape index (κ3) is 4.73. The molecule has 2 amide bonds. The molecular formula is C24H24F3N7O. The molecule has 5 rings (SSSR count). The monoisotopic (exact) mass is 483 g/mol. The first-order chi connectivity index (χ1) is 16.9. The van der Waals surface area contributed by atoms with Crippen molar-refractivity contribution in [2.24, 2.45) is 0 Å². The summed E-state index contributed by atoms with van der Waals surface area (Å²) in [7, 11) is 0. The van der Waals surface area contributed by atoms with Crippen molar-refractivity contribution in [1.29, 1.82) is 5.26 Å². The quantitative estimate of drug-likeness (QED) is 0.514. The molecule has 182 valence electrons. The van der Waals surface area contributed by atoms with Gasteiger partial charge in [0.1, 0.15) is 23.7 Å². The summed E-state index contributed by atoms with van der Waals surface area (Å²) in [5.74, 6) is -1.23. The zero-order valence-electron chi connectivity index (χ0n) is 18.8. The minimum Gasteiger partial charge on any atom is -0.365 e. The molecule has 3 aromatic rings. The summed E-state index contributed by atoms with van der Waals surface area (Å²) in [5.41, 5.74) is 1.10. The van der Waals surface area contributed by atoms with Crippen molar-refractivity contribution in [3.05, 3.63) is 41.7 Å². The fraction of sp³-hybridized carbons (Fsp3) is 0.417. The van der Waals surface area contributed by atoms with Crippen LogP contribution in [-0.4, -0.2) is 57.2 Å². The van der Waals surface area contributed by atoms with E-state index in [-0.39, 0.29) is 41.7 Å². The number of nitriles is 1. The normalized spacial score (nSPS) is 22.2. The van der Waals surface area contributed by atoms with E-state index in [1.807, 2.05) is 6.07 Å². The van der Waals surface area contributed by atoms with E-state index in [0.29, 0.717) is 36.0 Å². The number of rotatable bonds is 4. The zero-order valence-corrected chi connectivity index (χ0v) is 18.8. The molecule has 4 heterocycles. The van der Waals surface area contributed by atoms with Crippen LogP contribution in [0.15, 0.2) is 24.5 Å². The van der Waals surface area contributed by atoms with Gasteiger partial charge in [-0.2, -0.15) is 5.26 Å². The highest BCUT2D eigenvalue weighted by atomic mass is 19.1. The van der Waals surface area contributed by atoms with E-state index in [2.05, 4.69) is 25.6 Å². The summed E-state index contributed by atoms with van der Waals surface area (Å²) >= 11 is 0. The van der Waals surface area contributed by atoms with E-state index in [1.165, 1.54) is 11.0 Å². The number of nitrogens with one attached hydrogen (secondary N) is 3. The van der Waals surface area contributed by atoms with Crippen LogP contribution in [0.5, 0.6) is 0 Å². The molecule has 0 radical (unpaired) electrons. The molecule has 3 atom stereocenters. The van der Waals surface area contributed by atoms with Gasteiger partial charge in [0.25, 0.3) is 0 Å². The van der Waals surface area contributed by atoms with Crippen LogP contribution in [0.4, 0.5) is 23.8 Å². The number of aromatic amines is 1. The number of amides is 2. The fourth-order valence-electron chi connectivity index (χ4n) is 4.87. The van der Waals surface area contributed by atoms with Gasteiger partial charge in [-0.3, -0.25) is 0 Å². The summed E-state index contributed by atoms with van der Waals surface area (Å²) in [6.07, 6.45) is 4.91. The van der Waals surface area contributed by atoms with Crippen molar-refractivity contribution in [3.63, 3.8) is 0 Å². The Morgan fingerprint density at radius 1 is 1.23 bits per heavy atom. The number of carbonyl (C=O) groups is 1. The Hall–Kier alpha value is -3.81. The number of nitrogens with zero attached hydrogens (tertiary/aromatic N) is 4. The van der Waals surface area contributed by atoms with E-state index < -0.39 is 17.8 Å². The largest absolute Gasteiger partial charge is 0.365 e. The predicted molar refractivity (Wildman–Crippen MR) is 123 cm³/mol. The molecule has 0 bridgehead atoms. The van der Waals surface area contributed by atoms with E-state index in [1.54, 1.807) is 6.20 Å². The second-order valence-corrected chi connectivity index (χ2v) is 9.07. The van der Waals surface area contributed by atoms with Gasteiger partial charge in [-0.25, -0.2) is 27.9 Å². The number of hydrogen-bond acceptors (Lipinski definition) is 5. The molecule has 0 aromatic carbocycles. The Balaban J connectivity index is 1.35. The van der Waals surface area contributed by atoms with Crippen LogP contribution in [0.3, 0.4) is 0 Å². The molecule has 11 heteroatoms. The standard InChI is InChI=1S/C24H24F3N7O/c25-14-4-5-34(12-14)24(35)32-17-3-1-2-16(8-17)31-23-20(27)6-13(9-28)21(33-23)19-11-30-22-18(19)7-15(26)10-29-22/h6-7,10-11,14,16-17H,1-5,8,12H2,(H,29,30)(H,31,33)(H,32,35). The van der Waals surface area contributed by atoms with Gasteiger partial charge < -0.3 is 20.5 Å². The molecule has 3 aromatic heterocycles. The summed E-state index contributed by atoms with van der Waals surface area (Å²) < 4.78 is 42.1. The average Bonchev–Trinajstić information content (AvgIpc) is 3.46. The number of pyridine rings is 2. The first-order valence-electron chi connectivity index (χ1n) is 11.6. The highest BCUT2D eigenvalue weighted by Crippen LogP contribution is 2.32. The maximum absolute atomic E-state index is 14.9. The van der Waals surface area contributed by atoms with E-state index in [9.17, 15) is 23.2 Å². The maximum atomic E-state index is 14.9. The molecule has 3 unspecified atom stereocenters. The Bertz CT molecular complexity index is 1300. The smallest absolute Gasteiger partial charge is 0.317 e. The molecule has 1 saturated carbocycles. The number of anilines is 1. The number of aromatic nitrogens is 3. The fourth-order valence-corrected chi connectivity index (χ4v) is 4.87. The van der Waals surface area contributed by atoms with E-state index >= 15 is 0 Å². The van der Waals surface area contributed by atoms with Gasteiger partial charge in [-0.05, 0) is 44.2 Å². The molecule has 8 nitrogen and oxygen atoms in total. The molecule has 1 saturated heterocycles. The van der Waals surface area contributed by atoms with Crippen LogP contribution < -0.4 is 10.6 Å². The highest BCUT2D eigenvalue weighted by Gasteiger charge is 2.30. The third-order valence-electron chi connectivity index (χ3n) is 6.61. The number of carbonyl (C=O) groups excluding carboxylic acids is 1. The number of halogens is 3. The summed E-state index contributed by atoms with van der Waals surface area (Å²) in [6.45, 7) is 0.508. The number of fused-ring (bicyclic) bond motifs is 1. The van der Waals surface area contributed by atoms with Crippen LogP contribution in [0.1, 0.15) is 37.7 Å². The van der Waals surface area contributed by atoms with Gasteiger partial charge in [-0.15, -0.1) is 0 Å². The zero-order chi connectivity index (χ0) is 24.5. The van der Waals surface area contributed by atoms with Gasteiger partial charge in [0, 0.05) is 35.8 Å². The summed E-state index contributed by atoms with van der Waals surface area (Å²) in [5, 5.41) is 16.1. The van der Waals surface area contributed by atoms with Crippen LogP contribution >= 0.6 is 0 Å². The minimum absolute atomic E-state index is 0.0174. The molecule has 2 aliphatic rings. The van der Waals surface area contributed by atoms with Gasteiger partial charge >= 0.3 is 6.03 Å². The van der Waals surface area contributed by atoms with Crippen molar-refractivity contribution in [2.45, 2.75) is 50.4 Å². The molecule has 1 aliphatic carbocycles. The van der Waals surface area contributed by atoms with Crippen molar-refractivity contribution < 1.29 is 18.0 Å². The molecule has 2 fully saturated rings. The topological polar surface area (TPSA) is 110 Å². The maximum Gasteiger partial charge on any atom is 0.317 e. The van der Waals surface area contributed by atoms with Crippen LogP contribution in [0.25, 0.3) is 22.3 Å². The Labute approximate surface area is 199 Å². The van der Waals surface area contributed by atoms with Crippen LogP contribution in [0, 0.1) is 23.0 Å². The molecule has 35 heavy (non-hydrogen) atoms. The lowest BCUT2D eigenvalue weighted by molar-refractivity contribution is 0.195. The number of hydrogen-bond donors (Lipinski definition) is 3. The van der Waals surface area contributed by atoms with Gasteiger partial charge in [0.05, 0.1) is 24.0 Å². The second kappa shape index (κ2) is 9.44. The van der Waals surface area contributed by atoms with Crippen molar-refractivity contribution >= 4 is 22.9 Å². The van der Waals surface area contributed by atoms with Gasteiger partial charge in [0.2, 0.25) is 0 Å². The second-order valence-electron chi connectivity index (χ2n) is 9.07. The first-order valence-corrected chi connectivity index (χ1v) is 11.6. The van der Waals surface area contributed by atoms with Crippen molar-refractivity contribution in [3.8, 4) is 17.3 Å². The van der Waals surface area contributed by atoms with Gasteiger partial charge in [0.15, 0.2) is 11.6 Å². The summed E-state index contributed by atoms with van der Waals surface area (Å²) in [4.78, 5) is 25.2. The van der Waals surface area contributed by atoms with Crippen molar-refractivity contribution in [2.75, 3.05) is 18.4 Å². The van der Waals surface area contributed by atoms with Crippen LogP contribution in [0.2, 0.25) is 0 Å². The van der Waals surface area contributed by atoms with Gasteiger partial charge in [-0.1, -0.05) is 0 Å². The highest BCUT2D eigenvalue weighted by molar-refractivity contribution is 5.94. The summed E-state index contributed by atoms with van der Waals surface area (Å²) in [6, 6.07) is 3.79. The Kier molecular flexibility index (Phi) is 6.19. The first kappa shape index (κ1) is 23.0. The lowest BCUT2D eigenvalue weighted by Crippen LogP contribution is -2.47. The molecule has 0 spiro atoms. The number of likely N-dealkylation sites (tertiary alicyclic amines) is 1. The molecule has 1 aliphatic heterocycles. The molecular weight excluding hydrogens is 459 g/mol. The van der Waals surface area contributed by atoms with Crippen molar-refractivity contribution in [1.82, 2.24) is 25.2 Å². The average molecular weight is 483 g/mol. The minimum atomic E-state index is -0.981. The molecule has 3 N–H and O–H groups in total. The van der Waals surface area contributed by atoms with E-state index in [0.717, 1.165) is 31.5 Å².